The molecule has 1 saturated heterocycles. The van der Waals surface area contributed by atoms with Crippen molar-refractivity contribution in [1.29, 1.82) is 0 Å². The van der Waals surface area contributed by atoms with Gasteiger partial charge in [0.05, 0.1) is 11.4 Å². The maximum atomic E-state index is 13.0. The van der Waals surface area contributed by atoms with Crippen molar-refractivity contribution >= 4 is 0 Å². The summed E-state index contributed by atoms with van der Waals surface area (Å²) in [5, 5.41) is 0. The van der Waals surface area contributed by atoms with Gasteiger partial charge in [-0.1, -0.05) is 6.07 Å². The van der Waals surface area contributed by atoms with E-state index >= 15 is 0 Å². The van der Waals surface area contributed by atoms with E-state index < -0.39 is 0 Å². The maximum absolute atomic E-state index is 13.0. The third kappa shape index (κ3) is 4.15. The van der Waals surface area contributed by atoms with Crippen LogP contribution in [0.3, 0.4) is 0 Å². The van der Waals surface area contributed by atoms with Gasteiger partial charge in [-0.05, 0) is 36.4 Å². The van der Waals surface area contributed by atoms with E-state index in [4.69, 9.17) is 4.42 Å². The maximum Gasteiger partial charge on any atom is 0.226 e. The molecule has 4 rings (SSSR count). The largest absolute Gasteiger partial charge is 0.444 e. The first kappa shape index (κ1) is 16.9. The van der Waals surface area contributed by atoms with Crippen molar-refractivity contribution in [3.8, 4) is 11.5 Å². The van der Waals surface area contributed by atoms with Gasteiger partial charge in [-0.2, -0.15) is 0 Å². The van der Waals surface area contributed by atoms with Gasteiger partial charge in [0.25, 0.3) is 0 Å². The van der Waals surface area contributed by atoms with E-state index in [1.165, 1.54) is 12.1 Å². The van der Waals surface area contributed by atoms with Crippen molar-refractivity contribution in [2.24, 2.45) is 0 Å². The predicted octanol–water partition coefficient (Wildman–Crippen LogP) is 3.19. The fraction of sp³-hybridized carbons (Fsp3) is 0.300. The smallest absolute Gasteiger partial charge is 0.226 e. The zero-order valence-corrected chi connectivity index (χ0v) is 14.5. The molecule has 1 aliphatic heterocycles. The SMILES string of the molecule is Fc1ccc(-c2nc(CN3CCN(Cc4ccccn4)CC3)co2)cc1. The zero-order chi connectivity index (χ0) is 17.8. The number of piperazine rings is 1. The highest BCUT2D eigenvalue weighted by atomic mass is 19.1. The highest BCUT2D eigenvalue weighted by Gasteiger charge is 2.18. The Morgan fingerprint density at radius 2 is 1.58 bits per heavy atom. The van der Waals surface area contributed by atoms with Crippen LogP contribution in [-0.4, -0.2) is 45.9 Å². The minimum Gasteiger partial charge on any atom is -0.444 e. The van der Waals surface area contributed by atoms with Crippen molar-refractivity contribution in [3.63, 3.8) is 0 Å². The number of nitrogens with zero attached hydrogens (tertiary/aromatic N) is 4. The number of hydrogen-bond donors (Lipinski definition) is 0. The number of oxazole rings is 1. The summed E-state index contributed by atoms with van der Waals surface area (Å²) in [4.78, 5) is 13.7. The summed E-state index contributed by atoms with van der Waals surface area (Å²) in [6.45, 7) is 5.67. The van der Waals surface area contributed by atoms with Crippen LogP contribution in [0, 0.1) is 5.82 Å². The number of halogens is 1. The second kappa shape index (κ2) is 7.76. The van der Waals surface area contributed by atoms with Crippen molar-refractivity contribution in [1.82, 2.24) is 19.8 Å². The van der Waals surface area contributed by atoms with Crippen molar-refractivity contribution in [2.45, 2.75) is 13.1 Å². The molecular formula is C20H21FN4O. The third-order valence-corrected chi connectivity index (χ3v) is 4.61. The topological polar surface area (TPSA) is 45.4 Å². The first-order valence-corrected chi connectivity index (χ1v) is 8.81. The van der Waals surface area contributed by atoms with E-state index in [0.29, 0.717) is 5.89 Å². The standard InChI is InChI=1S/C20H21FN4O/c21-17-6-4-16(5-7-17)20-23-19(15-26-20)14-25-11-9-24(10-12-25)13-18-3-1-2-8-22-18/h1-8,15H,9-14H2. The van der Waals surface area contributed by atoms with Gasteiger partial charge in [0.2, 0.25) is 5.89 Å². The quantitative estimate of drug-likeness (QED) is 0.706. The fourth-order valence-electron chi connectivity index (χ4n) is 3.16. The van der Waals surface area contributed by atoms with Gasteiger partial charge < -0.3 is 4.42 Å². The molecule has 1 aliphatic rings. The van der Waals surface area contributed by atoms with Gasteiger partial charge in [-0.15, -0.1) is 0 Å². The molecule has 0 atom stereocenters. The highest BCUT2D eigenvalue weighted by molar-refractivity contribution is 5.52. The molecular weight excluding hydrogens is 331 g/mol. The van der Waals surface area contributed by atoms with Crippen LogP contribution in [0.5, 0.6) is 0 Å². The summed E-state index contributed by atoms with van der Waals surface area (Å²) in [6.07, 6.45) is 3.54. The van der Waals surface area contributed by atoms with Gasteiger partial charge in [-0.25, -0.2) is 9.37 Å². The van der Waals surface area contributed by atoms with Crippen LogP contribution in [0.2, 0.25) is 0 Å². The Labute approximate surface area is 152 Å². The third-order valence-electron chi connectivity index (χ3n) is 4.61. The van der Waals surface area contributed by atoms with E-state index in [-0.39, 0.29) is 5.82 Å². The van der Waals surface area contributed by atoms with Crippen molar-refractivity contribution in [2.75, 3.05) is 26.2 Å². The molecule has 0 bridgehead atoms. The van der Waals surface area contributed by atoms with Crippen LogP contribution < -0.4 is 0 Å². The summed E-state index contributed by atoms with van der Waals surface area (Å²) < 4.78 is 18.6. The molecule has 0 N–H and O–H groups in total. The summed E-state index contributed by atoms with van der Waals surface area (Å²) in [6, 6.07) is 12.2. The lowest BCUT2D eigenvalue weighted by Crippen LogP contribution is -2.45. The predicted molar refractivity (Wildman–Crippen MR) is 96.7 cm³/mol. The minimum atomic E-state index is -0.260. The zero-order valence-electron chi connectivity index (χ0n) is 14.5. The monoisotopic (exact) mass is 352 g/mol. The van der Waals surface area contributed by atoms with E-state index in [1.807, 2.05) is 18.3 Å². The molecule has 26 heavy (non-hydrogen) atoms. The van der Waals surface area contributed by atoms with Gasteiger partial charge in [-0.3, -0.25) is 14.8 Å². The molecule has 0 radical (unpaired) electrons. The van der Waals surface area contributed by atoms with E-state index in [0.717, 1.165) is 56.2 Å². The molecule has 0 aliphatic carbocycles. The molecule has 1 fully saturated rings. The lowest BCUT2D eigenvalue weighted by Gasteiger charge is -2.34. The van der Waals surface area contributed by atoms with Gasteiger partial charge in [0.1, 0.15) is 12.1 Å². The number of pyridine rings is 1. The van der Waals surface area contributed by atoms with E-state index in [2.05, 4.69) is 25.8 Å². The number of hydrogen-bond acceptors (Lipinski definition) is 5. The normalized spacial score (nSPS) is 16.0. The molecule has 0 saturated carbocycles. The first-order valence-electron chi connectivity index (χ1n) is 8.81. The molecule has 0 unspecified atom stereocenters. The molecule has 134 valence electrons. The molecule has 2 aromatic heterocycles. The molecule has 3 aromatic rings. The van der Waals surface area contributed by atoms with Crippen molar-refractivity contribution < 1.29 is 8.81 Å². The second-order valence-electron chi connectivity index (χ2n) is 6.52. The van der Waals surface area contributed by atoms with Gasteiger partial charge in [0.15, 0.2) is 0 Å². The van der Waals surface area contributed by atoms with Gasteiger partial charge >= 0.3 is 0 Å². The molecule has 0 spiro atoms. The lowest BCUT2D eigenvalue weighted by atomic mass is 10.2. The van der Waals surface area contributed by atoms with E-state index in [9.17, 15) is 4.39 Å². The van der Waals surface area contributed by atoms with Crippen LogP contribution in [0.1, 0.15) is 11.4 Å². The molecule has 5 nitrogen and oxygen atoms in total. The molecule has 1 aromatic carbocycles. The van der Waals surface area contributed by atoms with E-state index in [1.54, 1.807) is 18.4 Å². The Balaban J connectivity index is 1.30. The molecule has 0 amide bonds. The van der Waals surface area contributed by atoms with Gasteiger partial charge in [0, 0.05) is 51.0 Å². The van der Waals surface area contributed by atoms with Crippen LogP contribution in [-0.2, 0) is 13.1 Å². The van der Waals surface area contributed by atoms with Crippen LogP contribution >= 0.6 is 0 Å². The Morgan fingerprint density at radius 3 is 2.23 bits per heavy atom. The Hall–Kier alpha value is -2.57. The Morgan fingerprint density at radius 1 is 0.885 bits per heavy atom. The molecule has 6 heteroatoms. The number of aromatic nitrogens is 2. The summed E-state index contributed by atoms with van der Waals surface area (Å²) >= 11 is 0. The van der Waals surface area contributed by atoms with Crippen LogP contribution in [0.25, 0.3) is 11.5 Å². The number of rotatable bonds is 5. The summed E-state index contributed by atoms with van der Waals surface area (Å²) in [5.41, 5.74) is 2.81. The summed E-state index contributed by atoms with van der Waals surface area (Å²) in [5.74, 6) is 0.276. The fourth-order valence-corrected chi connectivity index (χ4v) is 3.16. The summed E-state index contributed by atoms with van der Waals surface area (Å²) in [7, 11) is 0. The average molecular weight is 352 g/mol. The van der Waals surface area contributed by atoms with Crippen LogP contribution in [0.15, 0.2) is 59.3 Å². The minimum absolute atomic E-state index is 0.260. The second-order valence-corrected chi connectivity index (χ2v) is 6.52. The number of benzene rings is 1. The van der Waals surface area contributed by atoms with Crippen molar-refractivity contribution in [3.05, 3.63) is 72.1 Å². The highest BCUT2D eigenvalue weighted by Crippen LogP contribution is 2.20. The first-order chi connectivity index (χ1) is 12.8. The Kier molecular flexibility index (Phi) is 5.04. The Bertz CT molecular complexity index is 827. The molecule has 3 heterocycles. The average Bonchev–Trinajstić information content (AvgIpc) is 3.13. The lowest BCUT2D eigenvalue weighted by molar-refractivity contribution is 0.120. The van der Waals surface area contributed by atoms with Crippen LogP contribution in [0.4, 0.5) is 4.39 Å².